The van der Waals surface area contributed by atoms with Crippen molar-refractivity contribution in [2.24, 2.45) is 5.41 Å². The highest BCUT2D eigenvalue weighted by atomic mass is 16.5. The minimum atomic E-state index is -0.291. The van der Waals surface area contributed by atoms with Crippen LogP contribution >= 0.6 is 0 Å². The molecule has 0 bridgehead atoms. The zero-order chi connectivity index (χ0) is 25.3. The SMILES string of the molecule is C/C=C\C(=C/C)C(=O)OC.Cc1ccc(C(=O)N2CCC3(C=CCCC3)Cc3ccccc32)cc1. The maximum absolute atomic E-state index is 13.2. The molecule has 0 aromatic heterocycles. The number of nitrogens with zero attached hydrogens (tertiary/aromatic N) is 1. The van der Waals surface area contributed by atoms with Gasteiger partial charge in [0.25, 0.3) is 5.91 Å². The number of benzene rings is 2. The molecule has 4 rings (SSSR count). The van der Waals surface area contributed by atoms with E-state index < -0.39 is 0 Å². The van der Waals surface area contributed by atoms with E-state index in [-0.39, 0.29) is 17.3 Å². The maximum Gasteiger partial charge on any atom is 0.337 e. The van der Waals surface area contributed by atoms with E-state index in [9.17, 15) is 9.59 Å². The third kappa shape index (κ3) is 6.60. The lowest BCUT2D eigenvalue weighted by atomic mass is 9.72. The number of carbonyl (C=O) groups is 2. The Morgan fingerprint density at radius 1 is 1.03 bits per heavy atom. The van der Waals surface area contributed by atoms with Gasteiger partial charge in [0.05, 0.1) is 12.7 Å². The average Bonchev–Trinajstić information content (AvgIpc) is 3.04. The summed E-state index contributed by atoms with van der Waals surface area (Å²) < 4.78 is 4.50. The van der Waals surface area contributed by atoms with Crippen molar-refractivity contribution in [1.29, 1.82) is 0 Å². The lowest BCUT2D eigenvalue weighted by Gasteiger charge is -2.32. The Morgan fingerprint density at radius 3 is 2.40 bits per heavy atom. The number of anilines is 1. The molecular formula is C31H37NO3. The molecule has 0 N–H and O–H groups in total. The smallest absolute Gasteiger partial charge is 0.337 e. The molecule has 1 spiro atoms. The number of ether oxygens (including phenoxy) is 1. The minimum absolute atomic E-state index is 0.115. The predicted molar refractivity (Wildman–Crippen MR) is 144 cm³/mol. The molecule has 2 aromatic rings. The van der Waals surface area contributed by atoms with Gasteiger partial charge in [-0.15, -0.1) is 0 Å². The number of esters is 1. The van der Waals surface area contributed by atoms with E-state index in [0.717, 1.165) is 30.6 Å². The summed E-state index contributed by atoms with van der Waals surface area (Å²) in [6.45, 7) is 6.49. The third-order valence-corrected chi connectivity index (χ3v) is 6.80. The number of hydrogen-bond donors (Lipinski definition) is 0. The first-order valence-electron chi connectivity index (χ1n) is 12.4. The van der Waals surface area contributed by atoms with Crippen molar-refractivity contribution in [2.75, 3.05) is 18.6 Å². The lowest BCUT2D eigenvalue weighted by molar-refractivity contribution is -0.135. The first kappa shape index (κ1) is 26.2. The molecule has 0 saturated heterocycles. The highest BCUT2D eigenvalue weighted by molar-refractivity contribution is 6.06. The molecule has 2 aromatic carbocycles. The normalized spacial score (nSPS) is 19.5. The Morgan fingerprint density at radius 2 is 1.77 bits per heavy atom. The predicted octanol–water partition coefficient (Wildman–Crippen LogP) is 7.00. The summed E-state index contributed by atoms with van der Waals surface area (Å²) in [4.78, 5) is 26.0. The Bertz CT molecular complexity index is 1110. The third-order valence-electron chi connectivity index (χ3n) is 6.80. The lowest BCUT2D eigenvalue weighted by Crippen LogP contribution is -2.33. The molecule has 1 amide bonds. The Kier molecular flexibility index (Phi) is 9.25. The van der Waals surface area contributed by atoms with Crippen molar-refractivity contribution in [3.05, 3.63) is 101 Å². The second kappa shape index (κ2) is 12.3. The van der Waals surface area contributed by atoms with Gasteiger partial charge < -0.3 is 9.64 Å². The van der Waals surface area contributed by atoms with E-state index in [1.807, 2.05) is 42.2 Å². The van der Waals surface area contributed by atoms with Crippen LogP contribution in [0.25, 0.3) is 0 Å². The summed E-state index contributed by atoms with van der Waals surface area (Å²) in [7, 11) is 1.37. The van der Waals surface area contributed by atoms with Crippen molar-refractivity contribution in [1.82, 2.24) is 0 Å². The van der Waals surface area contributed by atoms with Crippen LogP contribution in [0.4, 0.5) is 5.69 Å². The number of para-hydroxylation sites is 1. The molecule has 1 unspecified atom stereocenters. The second-order valence-corrected chi connectivity index (χ2v) is 9.27. The standard InChI is InChI=1S/C23H25NO.C8H12O2/c1-18-9-11-19(12-10-18)22(25)24-16-15-23(13-5-2-6-14-23)17-20-7-3-4-8-21(20)24;1-4-6-7(5-2)8(9)10-3/h3-5,7-13H,2,6,14-17H2,1H3;4-6H,1-3H3/b;6-4-,7-5+. The molecule has 1 aliphatic carbocycles. The van der Waals surface area contributed by atoms with E-state index >= 15 is 0 Å². The number of methoxy groups -OCH3 is 1. The minimum Gasteiger partial charge on any atom is -0.465 e. The summed E-state index contributed by atoms with van der Waals surface area (Å²) >= 11 is 0. The van der Waals surface area contributed by atoms with Gasteiger partial charge in [-0.3, -0.25) is 4.79 Å². The molecule has 35 heavy (non-hydrogen) atoms. The van der Waals surface area contributed by atoms with Crippen molar-refractivity contribution < 1.29 is 14.3 Å². The van der Waals surface area contributed by atoms with Crippen LogP contribution in [0.15, 0.2) is 84.5 Å². The average molecular weight is 472 g/mol. The molecule has 4 heteroatoms. The summed E-state index contributed by atoms with van der Waals surface area (Å²) in [6, 6.07) is 16.4. The van der Waals surface area contributed by atoms with Crippen molar-refractivity contribution in [3.8, 4) is 0 Å². The number of aryl methyl sites for hydroxylation is 1. The molecule has 1 heterocycles. The van der Waals surface area contributed by atoms with Gasteiger partial charge in [-0.1, -0.05) is 66.3 Å². The van der Waals surface area contributed by atoms with Crippen LogP contribution < -0.4 is 4.90 Å². The molecule has 1 aliphatic heterocycles. The highest BCUT2D eigenvalue weighted by Gasteiger charge is 2.35. The topological polar surface area (TPSA) is 46.6 Å². The molecule has 0 radical (unpaired) electrons. The molecule has 0 saturated carbocycles. The van der Waals surface area contributed by atoms with Gasteiger partial charge in [-0.05, 0) is 82.1 Å². The zero-order valence-corrected chi connectivity index (χ0v) is 21.4. The Labute approximate surface area is 210 Å². The number of allylic oxidation sites excluding steroid dienone is 4. The summed E-state index contributed by atoms with van der Waals surface area (Å²) in [5.74, 6) is -0.176. The van der Waals surface area contributed by atoms with Gasteiger partial charge >= 0.3 is 5.97 Å². The molecule has 0 fully saturated rings. The fourth-order valence-electron chi connectivity index (χ4n) is 4.83. The first-order valence-corrected chi connectivity index (χ1v) is 12.4. The van der Waals surface area contributed by atoms with Crippen molar-refractivity contribution >= 4 is 17.6 Å². The fourth-order valence-corrected chi connectivity index (χ4v) is 4.83. The van der Waals surface area contributed by atoms with Crippen LogP contribution in [0.3, 0.4) is 0 Å². The van der Waals surface area contributed by atoms with E-state index in [1.54, 1.807) is 25.2 Å². The zero-order valence-electron chi connectivity index (χ0n) is 21.4. The van der Waals surface area contributed by atoms with Crippen LogP contribution in [-0.2, 0) is 16.0 Å². The van der Waals surface area contributed by atoms with Gasteiger partial charge in [0.1, 0.15) is 0 Å². The molecule has 4 nitrogen and oxygen atoms in total. The quantitative estimate of drug-likeness (QED) is 0.210. The number of carbonyl (C=O) groups excluding carboxylic acids is 2. The van der Waals surface area contributed by atoms with Gasteiger partial charge in [-0.2, -0.15) is 0 Å². The number of amides is 1. The highest BCUT2D eigenvalue weighted by Crippen LogP contribution is 2.43. The number of hydrogen-bond acceptors (Lipinski definition) is 3. The number of rotatable bonds is 3. The molecule has 2 aliphatic rings. The van der Waals surface area contributed by atoms with Gasteiger partial charge in [0.15, 0.2) is 0 Å². The van der Waals surface area contributed by atoms with Gasteiger partial charge in [0.2, 0.25) is 0 Å². The maximum atomic E-state index is 13.2. The first-order chi connectivity index (χ1) is 16.9. The second-order valence-electron chi connectivity index (χ2n) is 9.27. The van der Waals surface area contributed by atoms with E-state index in [4.69, 9.17) is 0 Å². The molecule has 1 atom stereocenters. The van der Waals surface area contributed by atoms with Crippen LogP contribution in [0, 0.1) is 12.3 Å². The van der Waals surface area contributed by atoms with Crippen molar-refractivity contribution in [3.63, 3.8) is 0 Å². The van der Waals surface area contributed by atoms with Crippen molar-refractivity contribution in [2.45, 2.75) is 52.9 Å². The number of fused-ring (bicyclic) bond motifs is 1. The fraction of sp³-hybridized carbons (Fsp3) is 0.355. The molecule has 184 valence electrons. The van der Waals surface area contributed by atoms with E-state index in [1.165, 1.54) is 37.5 Å². The van der Waals surface area contributed by atoms with Crippen LogP contribution in [0.5, 0.6) is 0 Å². The van der Waals surface area contributed by atoms with Crippen LogP contribution in [-0.4, -0.2) is 25.5 Å². The Balaban J connectivity index is 0.000000292. The largest absolute Gasteiger partial charge is 0.465 e. The Hall–Kier alpha value is -3.40. The molecular weight excluding hydrogens is 434 g/mol. The van der Waals surface area contributed by atoms with E-state index in [2.05, 4.69) is 42.0 Å². The summed E-state index contributed by atoms with van der Waals surface area (Å²) in [5, 5.41) is 0. The van der Waals surface area contributed by atoms with Gasteiger partial charge in [0, 0.05) is 17.8 Å². The van der Waals surface area contributed by atoms with Crippen LogP contribution in [0.2, 0.25) is 0 Å². The van der Waals surface area contributed by atoms with Crippen LogP contribution in [0.1, 0.15) is 61.0 Å². The summed E-state index contributed by atoms with van der Waals surface area (Å²) in [5.41, 5.74) is 5.15. The van der Waals surface area contributed by atoms with Gasteiger partial charge in [-0.25, -0.2) is 4.79 Å². The summed E-state index contributed by atoms with van der Waals surface area (Å²) in [6.07, 6.45) is 15.7. The monoisotopic (exact) mass is 471 g/mol. The van der Waals surface area contributed by atoms with E-state index in [0.29, 0.717) is 5.57 Å².